The second-order valence-electron chi connectivity index (χ2n) is 4.60. The maximum Gasteiger partial charge on any atom is 0.274 e. The Hall–Kier alpha value is -2.83. The third kappa shape index (κ3) is 2.58. The van der Waals surface area contributed by atoms with Gasteiger partial charge in [0.1, 0.15) is 0 Å². The highest BCUT2D eigenvalue weighted by atomic mass is 16.7. The third-order valence-electron chi connectivity index (χ3n) is 3.19. The van der Waals surface area contributed by atoms with Crippen molar-refractivity contribution in [3.8, 4) is 11.5 Å². The monoisotopic (exact) mass is 286 g/mol. The second-order valence-corrected chi connectivity index (χ2v) is 4.60. The molecular weight excluding hydrogens is 272 g/mol. The number of hydrogen-bond donors (Lipinski definition) is 2. The number of nitrogens with zero attached hydrogens (tertiary/aromatic N) is 2. The van der Waals surface area contributed by atoms with Crippen LogP contribution in [0.4, 0.5) is 5.82 Å². The molecule has 0 spiro atoms. The average Bonchev–Trinajstić information content (AvgIpc) is 2.94. The standard InChI is InChI=1S/C14H14N4O3/c1-8(9-2-3-10-11(6-9)21-7-20-10)18-14(19)12-13(15)17-5-4-16-12/h2-6,8H,7H2,1H3,(H2,15,17)(H,18,19). The Morgan fingerprint density at radius 1 is 1.29 bits per heavy atom. The Labute approximate surface area is 121 Å². The van der Waals surface area contributed by atoms with E-state index in [4.69, 9.17) is 15.2 Å². The summed E-state index contributed by atoms with van der Waals surface area (Å²) in [6, 6.07) is 5.30. The molecule has 1 aromatic carbocycles. The molecule has 0 saturated heterocycles. The summed E-state index contributed by atoms with van der Waals surface area (Å²) < 4.78 is 10.6. The Kier molecular flexibility index (Phi) is 3.31. The van der Waals surface area contributed by atoms with Gasteiger partial charge in [-0.05, 0) is 24.6 Å². The number of hydrogen-bond acceptors (Lipinski definition) is 6. The first-order valence-corrected chi connectivity index (χ1v) is 6.42. The van der Waals surface area contributed by atoms with Gasteiger partial charge in [-0.2, -0.15) is 0 Å². The number of benzene rings is 1. The Balaban J connectivity index is 1.76. The normalized spacial score (nSPS) is 13.8. The molecule has 0 aliphatic carbocycles. The van der Waals surface area contributed by atoms with Gasteiger partial charge in [0.15, 0.2) is 23.0 Å². The fourth-order valence-corrected chi connectivity index (χ4v) is 2.05. The molecule has 0 saturated carbocycles. The van der Waals surface area contributed by atoms with Gasteiger partial charge in [0.2, 0.25) is 6.79 Å². The van der Waals surface area contributed by atoms with Gasteiger partial charge in [0.25, 0.3) is 5.91 Å². The van der Waals surface area contributed by atoms with Crippen LogP contribution >= 0.6 is 0 Å². The van der Waals surface area contributed by atoms with Gasteiger partial charge in [-0.1, -0.05) is 6.07 Å². The van der Waals surface area contributed by atoms with Crippen LogP contribution in [-0.4, -0.2) is 22.7 Å². The van der Waals surface area contributed by atoms with E-state index in [1.165, 1.54) is 12.4 Å². The maximum absolute atomic E-state index is 12.1. The minimum atomic E-state index is -0.370. The summed E-state index contributed by atoms with van der Waals surface area (Å²) in [6.07, 6.45) is 2.86. The highest BCUT2D eigenvalue weighted by molar-refractivity contribution is 5.96. The predicted octanol–water partition coefficient (Wildman–Crippen LogP) is 1.28. The number of nitrogens with two attached hydrogens (primary N) is 1. The number of nitrogens with one attached hydrogen (secondary N) is 1. The summed E-state index contributed by atoms with van der Waals surface area (Å²) in [5, 5.41) is 2.83. The van der Waals surface area contributed by atoms with Crippen LogP contribution in [0, 0.1) is 0 Å². The van der Waals surface area contributed by atoms with E-state index in [0.29, 0.717) is 11.5 Å². The van der Waals surface area contributed by atoms with E-state index >= 15 is 0 Å². The Morgan fingerprint density at radius 2 is 2.05 bits per heavy atom. The van der Waals surface area contributed by atoms with E-state index in [2.05, 4.69) is 15.3 Å². The SMILES string of the molecule is CC(NC(=O)c1nccnc1N)c1ccc2c(c1)OCO2. The minimum absolute atomic E-state index is 0.105. The van der Waals surface area contributed by atoms with Crippen LogP contribution in [-0.2, 0) is 0 Å². The number of nitrogen functional groups attached to an aromatic ring is 1. The van der Waals surface area contributed by atoms with Gasteiger partial charge in [0.05, 0.1) is 6.04 Å². The average molecular weight is 286 g/mol. The van der Waals surface area contributed by atoms with E-state index in [1.54, 1.807) is 0 Å². The molecule has 1 atom stereocenters. The highest BCUT2D eigenvalue weighted by Crippen LogP contribution is 2.34. The molecule has 3 N–H and O–H groups in total. The van der Waals surface area contributed by atoms with E-state index in [0.717, 1.165) is 5.56 Å². The summed E-state index contributed by atoms with van der Waals surface area (Å²) >= 11 is 0. The molecule has 2 heterocycles. The van der Waals surface area contributed by atoms with Crippen molar-refractivity contribution in [1.29, 1.82) is 0 Å². The van der Waals surface area contributed by atoms with Crippen LogP contribution in [0.2, 0.25) is 0 Å². The van der Waals surface area contributed by atoms with Gasteiger partial charge in [-0.15, -0.1) is 0 Å². The molecule has 0 fully saturated rings. The number of carbonyl (C=O) groups excluding carboxylic acids is 1. The summed E-state index contributed by atoms with van der Waals surface area (Å²) in [7, 11) is 0. The predicted molar refractivity (Wildman–Crippen MR) is 74.9 cm³/mol. The van der Waals surface area contributed by atoms with Crippen molar-refractivity contribution in [1.82, 2.24) is 15.3 Å². The molecule has 7 heteroatoms. The van der Waals surface area contributed by atoms with Gasteiger partial charge in [-0.3, -0.25) is 4.79 Å². The van der Waals surface area contributed by atoms with Gasteiger partial charge in [0, 0.05) is 12.4 Å². The molecule has 1 aliphatic rings. The van der Waals surface area contributed by atoms with Crippen LogP contribution in [0.5, 0.6) is 11.5 Å². The van der Waals surface area contributed by atoms with Gasteiger partial charge < -0.3 is 20.5 Å². The van der Waals surface area contributed by atoms with E-state index in [-0.39, 0.29) is 30.3 Å². The summed E-state index contributed by atoms with van der Waals surface area (Å²) in [5.41, 5.74) is 6.65. The molecule has 7 nitrogen and oxygen atoms in total. The zero-order chi connectivity index (χ0) is 14.8. The number of fused-ring (bicyclic) bond motifs is 1. The number of carbonyl (C=O) groups is 1. The molecule has 3 rings (SSSR count). The van der Waals surface area contributed by atoms with Crippen LogP contribution in [0.25, 0.3) is 0 Å². The largest absolute Gasteiger partial charge is 0.454 e. The fourth-order valence-electron chi connectivity index (χ4n) is 2.05. The van der Waals surface area contributed by atoms with Crippen molar-refractivity contribution in [3.63, 3.8) is 0 Å². The summed E-state index contributed by atoms with van der Waals surface area (Å²) in [6.45, 7) is 2.08. The van der Waals surface area contributed by atoms with Crippen LogP contribution in [0.1, 0.15) is 29.0 Å². The van der Waals surface area contributed by atoms with Crippen LogP contribution < -0.4 is 20.5 Å². The number of anilines is 1. The molecule has 0 bridgehead atoms. The van der Waals surface area contributed by atoms with E-state index in [9.17, 15) is 4.79 Å². The lowest BCUT2D eigenvalue weighted by Gasteiger charge is -2.14. The van der Waals surface area contributed by atoms with Crippen molar-refractivity contribution in [2.24, 2.45) is 0 Å². The number of aromatic nitrogens is 2. The Morgan fingerprint density at radius 3 is 2.86 bits per heavy atom. The summed E-state index contributed by atoms with van der Waals surface area (Å²) in [4.78, 5) is 19.9. The van der Waals surface area contributed by atoms with E-state index in [1.807, 2.05) is 25.1 Å². The molecule has 21 heavy (non-hydrogen) atoms. The molecule has 1 aromatic heterocycles. The topological polar surface area (TPSA) is 99.4 Å². The van der Waals surface area contributed by atoms with Crippen molar-refractivity contribution >= 4 is 11.7 Å². The van der Waals surface area contributed by atoms with E-state index < -0.39 is 0 Å². The van der Waals surface area contributed by atoms with Crippen molar-refractivity contribution in [3.05, 3.63) is 41.9 Å². The lowest BCUT2D eigenvalue weighted by Crippen LogP contribution is -2.28. The first-order valence-electron chi connectivity index (χ1n) is 6.42. The van der Waals surface area contributed by atoms with Gasteiger partial charge >= 0.3 is 0 Å². The zero-order valence-corrected chi connectivity index (χ0v) is 11.4. The quantitative estimate of drug-likeness (QED) is 0.881. The smallest absolute Gasteiger partial charge is 0.274 e. The van der Waals surface area contributed by atoms with Crippen LogP contribution in [0.15, 0.2) is 30.6 Å². The molecular formula is C14H14N4O3. The lowest BCUT2D eigenvalue weighted by atomic mass is 10.1. The lowest BCUT2D eigenvalue weighted by molar-refractivity contribution is 0.0935. The molecule has 1 amide bonds. The zero-order valence-electron chi connectivity index (χ0n) is 11.4. The van der Waals surface area contributed by atoms with Gasteiger partial charge in [-0.25, -0.2) is 9.97 Å². The Bertz CT molecular complexity index is 690. The van der Waals surface area contributed by atoms with Crippen molar-refractivity contribution < 1.29 is 14.3 Å². The molecule has 0 radical (unpaired) electrons. The highest BCUT2D eigenvalue weighted by Gasteiger charge is 2.19. The number of rotatable bonds is 3. The maximum atomic E-state index is 12.1. The molecule has 1 unspecified atom stereocenters. The van der Waals surface area contributed by atoms with Crippen LogP contribution in [0.3, 0.4) is 0 Å². The molecule has 108 valence electrons. The second kappa shape index (κ2) is 5.28. The number of amides is 1. The first-order chi connectivity index (χ1) is 10.1. The minimum Gasteiger partial charge on any atom is -0.454 e. The first kappa shape index (κ1) is 13.2. The fraction of sp³-hybridized carbons (Fsp3) is 0.214. The van der Waals surface area contributed by atoms with Crippen molar-refractivity contribution in [2.75, 3.05) is 12.5 Å². The number of ether oxygens (including phenoxy) is 2. The third-order valence-corrected chi connectivity index (χ3v) is 3.19. The summed E-state index contributed by atoms with van der Waals surface area (Å²) in [5.74, 6) is 1.11. The molecule has 2 aromatic rings. The van der Waals surface area contributed by atoms with Crippen molar-refractivity contribution in [2.45, 2.75) is 13.0 Å². The molecule has 1 aliphatic heterocycles.